The largest absolute Gasteiger partial charge is 0.492 e. The number of thiazole rings is 1. The van der Waals surface area contributed by atoms with Gasteiger partial charge in [-0.2, -0.15) is 0 Å². The molecule has 0 aliphatic heterocycles. The second-order valence-corrected chi connectivity index (χ2v) is 6.51. The maximum atomic E-state index is 11.9. The lowest BCUT2D eigenvalue weighted by Gasteiger charge is -2.08. The van der Waals surface area contributed by atoms with Crippen LogP contribution in [0.3, 0.4) is 0 Å². The van der Waals surface area contributed by atoms with Crippen molar-refractivity contribution >= 4 is 23.2 Å². The average molecular weight is 362 g/mol. The van der Waals surface area contributed by atoms with Crippen molar-refractivity contribution in [2.45, 2.75) is 32.6 Å². The maximum absolute atomic E-state index is 11.9. The van der Waals surface area contributed by atoms with Crippen molar-refractivity contribution in [2.24, 2.45) is 0 Å². The monoisotopic (exact) mass is 362 g/mol. The quantitative estimate of drug-likeness (QED) is 0.634. The Bertz CT molecular complexity index is 697. The number of aromatic nitrogens is 1. The van der Waals surface area contributed by atoms with E-state index in [0.717, 1.165) is 18.6 Å². The molecule has 6 nitrogen and oxygen atoms in total. The van der Waals surface area contributed by atoms with Crippen LogP contribution in [0.15, 0.2) is 29.6 Å². The predicted molar refractivity (Wildman–Crippen MR) is 96.1 cm³/mol. The van der Waals surface area contributed by atoms with Crippen LogP contribution in [0.4, 0.5) is 0 Å². The number of hydrogen-bond acceptors (Lipinski definition) is 5. The van der Waals surface area contributed by atoms with Gasteiger partial charge in [-0.05, 0) is 24.1 Å². The zero-order chi connectivity index (χ0) is 18.1. The Labute approximate surface area is 150 Å². The number of nitrogens with zero attached hydrogens (tertiary/aromatic N) is 1. The molecular weight excluding hydrogens is 340 g/mol. The van der Waals surface area contributed by atoms with Crippen molar-refractivity contribution in [3.05, 3.63) is 45.9 Å². The van der Waals surface area contributed by atoms with Gasteiger partial charge in [-0.1, -0.05) is 25.5 Å². The van der Waals surface area contributed by atoms with E-state index in [1.807, 2.05) is 12.1 Å². The summed E-state index contributed by atoms with van der Waals surface area (Å²) >= 11 is 1.29. The molecule has 1 aromatic carbocycles. The summed E-state index contributed by atoms with van der Waals surface area (Å²) in [6.07, 6.45) is 2.20. The van der Waals surface area contributed by atoms with Crippen molar-refractivity contribution in [3.63, 3.8) is 0 Å². The number of ether oxygens (including phenoxy) is 1. The Kier molecular flexibility index (Phi) is 7.40. The minimum atomic E-state index is -0.929. The number of carbonyl (C=O) groups excluding carboxylic acids is 1. The Hall–Kier alpha value is -2.41. The molecule has 2 rings (SSSR count). The summed E-state index contributed by atoms with van der Waals surface area (Å²) in [5, 5.41) is 13.8. The number of hydrogen-bond donors (Lipinski definition) is 2. The number of benzene rings is 1. The van der Waals surface area contributed by atoms with Gasteiger partial charge in [0.1, 0.15) is 17.4 Å². The first-order chi connectivity index (χ1) is 12.1. The van der Waals surface area contributed by atoms with Crippen LogP contribution in [0.5, 0.6) is 5.75 Å². The topological polar surface area (TPSA) is 88.5 Å². The summed E-state index contributed by atoms with van der Waals surface area (Å²) in [4.78, 5) is 26.6. The number of rotatable bonds is 10. The standard InChI is InChI=1S/C18H22N2O4S/c1-2-3-13-4-6-15(7-5-13)24-9-8-19-16(21)11-17-20-14(12-25-17)10-18(22)23/h4-7,12H,2-3,8-11H2,1H3,(H,19,21)(H,22,23). The SMILES string of the molecule is CCCc1ccc(OCCNC(=O)Cc2nc(CC(=O)O)cs2)cc1. The first kappa shape index (κ1) is 18.9. The first-order valence-electron chi connectivity index (χ1n) is 8.20. The second-order valence-electron chi connectivity index (χ2n) is 5.57. The lowest BCUT2D eigenvalue weighted by molar-refractivity contribution is -0.136. The van der Waals surface area contributed by atoms with Crippen molar-refractivity contribution in [1.29, 1.82) is 0 Å². The molecule has 7 heteroatoms. The van der Waals surface area contributed by atoms with Crippen molar-refractivity contribution in [3.8, 4) is 5.75 Å². The second kappa shape index (κ2) is 9.78. The van der Waals surface area contributed by atoms with Crippen LogP contribution < -0.4 is 10.1 Å². The van der Waals surface area contributed by atoms with E-state index < -0.39 is 5.97 Å². The third kappa shape index (κ3) is 6.93. The molecule has 0 unspecified atom stereocenters. The summed E-state index contributed by atoms with van der Waals surface area (Å²) in [5.41, 5.74) is 1.77. The Morgan fingerprint density at radius 1 is 1.24 bits per heavy atom. The number of aliphatic carboxylic acids is 1. The molecule has 0 saturated carbocycles. The molecule has 2 N–H and O–H groups in total. The summed E-state index contributed by atoms with van der Waals surface area (Å²) < 4.78 is 5.59. The van der Waals surface area contributed by atoms with Gasteiger partial charge < -0.3 is 15.2 Å². The van der Waals surface area contributed by atoms with Gasteiger partial charge in [0.15, 0.2) is 0 Å². The van der Waals surface area contributed by atoms with Crippen LogP contribution in [-0.4, -0.2) is 35.1 Å². The summed E-state index contributed by atoms with van der Waals surface area (Å²) in [6, 6.07) is 7.97. The molecule has 0 fully saturated rings. The lowest BCUT2D eigenvalue weighted by atomic mass is 10.1. The van der Waals surface area contributed by atoms with E-state index in [4.69, 9.17) is 9.84 Å². The Morgan fingerprint density at radius 2 is 2.00 bits per heavy atom. The summed E-state index contributed by atoms with van der Waals surface area (Å²) in [5.74, 6) is -0.299. The van der Waals surface area contributed by atoms with Gasteiger partial charge in [-0.25, -0.2) is 4.98 Å². The fraction of sp³-hybridized carbons (Fsp3) is 0.389. The van der Waals surface area contributed by atoms with Gasteiger partial charge in [-0.15, -0.1) is 11.3 Å². The highest BCUT2D eigenvalue weighted by Crippen LogP contribution is 2.13. The van der Waals surface area contributed by atoms with Crippen LogP contribution in [0.25, 0.3) is 0 Å². The van der Waals surface area contributed by atoms with E-state index >= 15 is 0 Å². The molecule has 0 saturated heterocycles. The molecule has 0 radical (unpaired) electrons. The number of carboxylic acid groups (broad SMARTS) is 1. The number of carboxylic acids is 1. The smallest absolute Gasteiger partial charge is 0.309 e. The first-order valence-corrected chi connectivity index (χ1v) is 9.08. The Morgan fingerprint density at radius 3 is 2.68 bits per heavy atom. The van der Waals surface area contributed by atoms with E-state index in [0.29, 0.717) is 23.9 Å². The molecule has 1 amide bonds. The molecule has 0 atom stereocenters. The number of aryl methyl sites for hydroxylation is 1. The molecule has 0 aliphatic rings. The number of carbonyl (C=O) groups is 2. The normalized spacial score (nSPS) is 10.4. The summed E-state index contributed by atoms with van der Waals surface area (Å²) in [7, 11) is 0. The number of amides is 1. The number of nitrogens with one attached hydrogen (secondary N) is 1. The molecule has 0 bridgehead atoms. The van der Waals surface area contributed by atoms with Gasteiger partial charge in [0, 0.05) is 5.38 Å². The minimum absolute atomic E-state index is 0.122. The molecular formula is C18H22N2O4S. The zero-order valence-corrected chi connectivity index (χ0v) is 15.0. The molecule has 0 aliphatic carbocycles. The van der Waals surface area contributed by atoms with Gasteiger partial charge in [0.05, 0.1) is 25.1 Å². The molecule has 1 heterocycles. The zero-order valence-electron chi connectivity index (χ0n) is 14.2. The molecule has 25 heavy (non-hydrogen) atoms. The van der Waals surface area contributed by atoms with E-state index in [2.05, 4.69) is 29.4 Å². The highest BCUT2D eigenvalue weighted by atomic mass is 32.1. The van der Waals surface area contributed by atoms with Crippen LogP contribution in [0.2, 0.25) is 0 Å². The highest BCUT2D eigenvalue weighted by Gasteiger charge is 2.09. The van der Waals surface area contributed by atoms with Crippen molar-refractivity contribution in [1.82, 2.24) is 10.3 Å². The van der Waals surface area contributed by atoms with E-state index in [1.165, 1.54) is 16.9 Å². The third-order valence-corrected chi connectivity index (χ3v) is 4.30. The highest BCUT2D eigenvalue weighted by molar-refractivity contribution is 7.09. The van der Waals surface area contributed by atoms with Crippen LogP contribution in [-0.2, 0) is 28.9 Å². The molecule has 134 valence electrons. The van der Waals surface area contributed by atoms with Crippen molar-refractivity contribution in [2.75, 3.05) is 13.2 Å². The fourth-order valence-electron chi connectivity index (χ4n) is 2.27. The Balaban J connectivity index is 1.66. The van der Waals surface area contributed by atoms with Gasteiger partial charge >= 0.3 is 5.97 Å². The molecule has 0 spiro atoms. The average Bonchev–Trinajstić information content (AvgIpc) is 2.99. The van der Waals surface area contributed by atoms with Crippen molar-refractivity contribution < 1.29 is 19.4 Å². The lowest BCUT2D eigenvalue weighted by Crippen LogP contribution is -2.29. The van der Waals surface area contributed by atoms with E-state index in [-0.39, 0.29) is 18.7 Å². The van der Waals surface area contributed by atoms with Gasteiger partial charge in [0.25, 0.3) is 0 Å². The maximum Gasteiger partial charge on any atom is 0.309 e. The van der Waals surface area contributed by atoms with Gasteiger partial charge in [-0.3, -0.25) is 9.59 Å². The third-order valence-electron chi connectivity index (χ3n) is 3.40. The van der Waals surface area contributed by atoms with Gasteiger partial charge in [0.2, 0.25) is 5.91 Å². The van der Waals surface area contributed by atoms with Crippen LogP contribution >= 0.6 is 11.3 Å². The van der Waals surface area contributed by atoms with Crippen LogP contribution in [0.1, 0.15) is 29.6 Å². The summed E-state index contributed by atoms with van der Waals surface area (Å²) in [6.45, 7) is 2.94. The molecule has 1 aromatic heterocycles. The fourth-order valence-corrected chi connectivity index (χ4v) is 3.06. The minimum Gasteiger partial charge on any atom is -0.492 e. The van der Waals surface area contributed by atoms with E-state index in [1.54, 1.807) is 5.38 Å². The molecule has 2 aromatic rings. The van der Waals surface area contributed by atoms with Crippen LogP contribution in [0, 0.1) is 0 Å². The van der Waals surface area contributed by atoms with E-state index in [9.17, 15) is 9.59 Å². The predicted octanol–water partition coefficient (Wildman–Crippen LogP) is 2.46.